The molecule has 0 bridgehead atoms. The molecule has 0 saturated carbocycles. The number of para-hydroxylation sites is 2. The number of anilines is 2. The van der Waals surface area contributed by atoms with E-state index in [0.29, 0.717) is 11.4 Å². The van der Waals surface area contributed by atoms with Crippen LogP contribution in [0.25, 0.3) is 6.08 Å². The molecule has 0 aromatic heterocycles. The average molecular weight is 371 g/mol. The maximum Gasteiger partial charge on any atom is 0.248 e. The Hall–Kier alpha value is -3.31. The molecule has 0 heterocycles. The summed E-state index contributed by atoms with van der Waals surface area (Å²) in [5.74, 6) is 0.159. The van der Waals surface area contributed by atoms with E-state index in [1.54, 1.807) is 54.6 Å². The number of benzene rings is 2. The van der Waals surface area contributed by atoms with Crippen molar-refractivity contribution in [2.24, 2.45) is 0 Å². The fourth-order valence-corrected chi connectivity index (χ4v) is 2.60. The van der Waals surface area contributed by atoms with Gasteiger partial charge in [0.25, 0.3) is 0 Å². The lowest BCUT2D eigenvalue weighted by Crippen LogP contribution is -2.14. The number of rotatable bonds is 7. The summed E-state index contributed by atoms with van der Waals surface area (Å²) in [6.07, 6.45) is 3.98. The summed E-state index contributed by atoms with van der Waals surface area (Å²) >= 11 is 0. The van der Waals surface area contributed by atoms with Gasteiger partial charge in [-0.25, -0.2) is 8.42 Å². The number of carbonyl (C=O) groups excluding carboxylic acids is 1. The van der Waals surface area contributed by atoms with Crippen LogP contribution in [0.15, 0.2) is 54.6 Å². The van der Waals surface area contributed by atoms with Crippen LogP contribution in [0.2, 0.25) is 0 Å². The predicted octanol–water partition coefficient (Wildman–Crippen LogP) is 2.61. The Kier molecular flexibility index (Phi) is 6.36. The zero-order valence-corrected chi connectivity index (χ0v) is 14.8. The van der Waals surface area contributed by atoms with Gasteiger partial charge in [-0.15, -0.1) is 0 Å². The van der Waals surface area contributed by atoms with E-state index in [4.69, 9.17) is 10.00 Å². The largest absolute Gasteiger partial charge is 0.479 e. The topological polar surface area (TPSA) is 108 Å². The third-order valence-electron chi connectivity index (χ3n) is 3.09. The zero-order chi connectivity index (χ0) is 19.0. The van der Waals surface area contributed by atoms with E-state index < -0.39 is 15.9 Å². The number of sulfonamides is 1. The fraction of sp³-hybridized carbons (Fsp3) is 0.111. The van der Waals surface area contributed by atoms with E-state index in [0.717, 1.165) is 11.8 Å². The normalized spacial score (nSPS) is 10.9. The maximum atomic E-state index is 12.1. The molecule has 0 aliphatic heterocycles. The molecule has 0 aliphatic carbocycles. The average Bonchev–Trinajstić information content (AvgIpc) is 2.59. The second-order valence-electron chi connectivity index (χ2n) is 5.26. The summed E-state index contributed by atoms with van der Waals surface area (Å²) in [5.41, 5.74) is 1.41. The fourth-order valence-electron chi connectivity index (χ4n) is 2.02. The number of hydrogen-bond donors (Lipinski definition) is 2. The van der Waals surface area contributed by atoms with Gasteiger partial charge in [0.05, 0.1) is 17.6 Å². The Bertz CT molecular complexity index is 945. The molecule has 7 nitrogen and oxygen atoms in total. The summed E-state index contributed by atoms with van der Waals surface area (Å²) < 4.78 is 30.2. The Morgan fingerprint density at radius 3 is 2.42 bits per heavy atom. The highest BCUT2D eigenvalue weighted by Gasteiger charge is 2.08. The van der Waals surface area contributed by atoms with Crippen molar-refractivity contribution in [1.82, 2.24) is 0 Å². The molecule has 0 aliphatic rings. The van der Waals surface area contributed by atoms with Gasteiger partial charge in [-0.1, -0.05) is 24.3 Å². The first-order valence-corrected chi connectivity index (χ1v) is 9.42. The van der Waals surface area contributed by atoms with Crippen LogP contribution in [0.4, 0.5) is 11.4 Å². The van der Waals surface area contributed by atoms with Crippen LogP contribution in [-0.4, -0.2) is 27.2 Å². The van der Waals surface area contributed by atoms with Gasteiger partial charge < -0.3 is 10.1 Å². The first-order valence-electron chi connectivity index (χ1n) is 7.53. The van der Waals surface area contributed by atoms with Crippen LogP contribution < -0.4 is 14.8 Å². The van der Waals surface area contributed by atoms with E-state index in [9.17, 15) is 13.2 Å². The highest BCUT2D eigenvalue weighted by Crippen LogP contribution is 2.22. The minimum Gasteiger partial charge on any atom is -0.479 e. The minimum absolute atomic E-state index is 0.0292. The van der Waals surface area contributed by atoms with Gasteiger partial charge in [0.1, 0.15) is 11.8 Å². The second-order valence-corrected chi connectivity index (χ2v) is 7.01. The summed E-state index contributed by atoms with van der Waals surface area (Å²) in [6, 6.07) is 15.3. The quantitative estimate of drug-likeness (QED) is 0.727. The van der Waals surface area contributed by atoms with Crippen molar-refractivity contribution in [1.29, 1.82) is 5.26 Å². The lowest BCUT2D eigenvalue weighted by Gasteiger charge is -2.10. The van der Waals surface area contributed by atoms with E-state index in [2.05, 4.69) is 10.0 Å². The van der Waals surface area contributed by atoms with Crippen molar-refractivity contribution in [3.8, 4) is 11.8 Å². The zero-order valence-electron chi connectivity index (χ0n) is 14.0. The third-order valence-corrected chi connectivity index (χ3v) is 3.68. The van der Waals surface area contributed by atoms with E-state index in [1.807, 2.05) is 6.07 Å². The Morgan fingerprint density at radius 1 is 1.15 bits per heavy atom. The van der Waals surface area contributed by atoms with Crippen LogP contribution in [0, 0.1) is 11.3 Å². The standard InChI is InChI=1S/C18H17N3O4S/c1-26(23,24)21-17-5-3-2-4-16(17)20-18(22)11-8-14-6-9-15(10-7-14)25-13-12-19/h2-11,21H,13H2,1H3,(H,20,22)/b11-8+. The van der Waals surface area contributed by atoms with Gasteiger partial charge >= 0.3 is 0 Å². The summed E-state index contributed by atoms with van der Waals surface area (Å²) in [6.45, 7) is -0.0292. The molecule has 0 atom stereocenters. The molecule has 0 saturated heterocycles. The summed E-state index contributed by atoms with van der Waals surface area (Å²) in [5, 5.41) is 11.1. The van der Waals surface area contributed by atoms with Crippen LogP contribution in [0.3, 0.4) is 0 Å². The lowest BCUT2D eigenvalue weighted by molar-refractivity contribution is -0.111. The van der Waals surface area contributed by atoms with E-state index >= 15 is 0 Å². The van der Waals surface area contributed by atoms with E-state index in [-0.39, 0.29) is 12.3 Å². The lowest BCUT2D eigenvalue weighted by atomic mass is 10.2. The second kappa shape index (κ2) is 8.69. The van der Waals surface area contributed by atoms with Crippen molar-refractivity contribution in [3.63, 3.8) is 0 Å². The number of nitrogens with zero attached hydrogens (tertiary/aromatic N) is 1. The van der Waals surface area contributed by atoms with Gasteiger partial charge in [0.15, 0.2) is 6.61 Å². The number of carbonyl (C=O) groups is 1. The van der Waals surface area contributed by atoms with Crippen molar-refractivity contribution in [3.05, 3.63) is 60.2 Å². The molecule has 26 heavy (non-hydrogen) atoms. The van der Waals surface area contributed by atoms with Gasteiger partial charge in [0.2, 0.25) is 15.9 Å². The van der Waals surface area contributed by atoms with Crippen molar-refractivity contribution >= 4 is 33.4 Å². The smallest absolute Gasteiger partial charge is 0.248 e. The molecule has 2 rings (SSSR count). The molecular weight excluding hydrogens is 354 g/mol. The first-order chi connectivity index (χ1) is 12.4. The van der Waals surface area contributed by atoms with Crippen molar-refractivity contribution < 1.29 is 17.9 Å². The van der Waals surface area contributed by atoms with Gasteiger partial charge in [-0.2, -0.15) is 5.26 Å². The molecule has 2 aromatic carbocycles. The molecule has 2 aromatic rings. The highest BCUT2D eigenvalue weighted by molar-refractivity contribution is 7.92. The van der Waals surface area contributed by atoms with Crippen LogP contribution in [0.1, 0.15) is 5.56 Å². The molecule has 0 fully saturated rings. The highest BCUT2D eigenvalue weighted by atomic mass is 32.2. The molecule has 0 radical (unpaired) electrons. The number of hydrogen-bond acceptors (Lipinski definition) is 5. The third kappa shape index (κ3) is 6.30. The number of amides is 1. The monoisotopic (exact) mass is 371 g/mol. The van der Waals surface area contributed by atoms with Crippen molar-refractivity contribution in [2.75, 3.05) is 22.9 Å². The Morgan fingerprint density at radius 2 is 1.81 bits per heavy atom. The van der Waals surface area contributed by atoms with Crippen LogP contribution in [-0.2, 0) is 14.8 Å². The molecule has 0 spiro atoms. The van der Waals surface area contributed by atoms with Crippen LogP contribution in [0.5, 0.6) is 5.75 Å². The molecule has 2 N–H and O–H groups in total. The van der Waals surface area contributed by atoms with Crippen LogP contribution >= 0.6 is 0 Å². The molecule has 134 valence electrons. The number of ether oxygens (including phenoxy) is 1. The van der Waals surface area contributed by atoms with Crippen molar-refractivity contribution in [2.45, 2.75) is 0 Å². The number of nitriles is 1. The SMILES string of the molecule is CS(=O)(=O)Nc1ccccc1NC(=O)/C=C/c1ccc(OCC#N)cc1. The summed E-state index contributed by atoms with van der Waals surface area (Å²) in [7, 11) is -3.45. The summed E-state index contributed by atoms with van der Waals surface area (Å²) in [4.78, 5) is 12.1. The minimum atomic E-state index is -3.45. The molecule has 8 heteroatoms. The predicted molar refractivity (Wildman–Crippen MR) is 100 cm³/mol. The van der Waals surface area contributed by atoms with Gasteiger partial charge in [-0.05, 0) is 35.9 Å². The Labute approximate surface area is 152 Å². The first kappa shape index (κ1) is 19.0. The molecular formula is C18H17N3O4S. The van der Waals surface area contributed by atoms with Gasteiger partial charge in [0, 0.05) is 6.08 Å². The van der Waals surface area contributed by atoms with Gasteiger partial charge in [-0.3, -0.25) is 9.52 Å². The molecule has 1 amide bonds. The molecule has 0 unspecified atom stereocenters. The maximum absolute atomic E-state index is 12.1. The Balaban J connectivity index is 2.03. The number of nitrogens with one attached hydrogen (secondary N) is 2. The van der Waals surface area contributed by atoms with E-state index in [1.165, 1.54) is 6.08 Å².